The van der Waals surface area contributed by atoms with Gasteiger partial charge in [-0.25, -0.2) is 0 Å². The molecule has 1 heterocycles. The van der Waals surface area contributed by atoms with Crippen LogP contribution < -0.4 is 4.74 Å². The molecule has 0 spiro atoms. The lowest BCUT2D eigenvalue weighted by Gasteiger charge is -1.99. The van der Waals surface area contributed by atoms with Crippen LogP contribution in [0.3, 0.4) is 0 Å². The SMILES string of the molecule is C=CCOc1nc(F)nc(Cl)n1. The summed E-state index contributed by atoms with van der Waals surface area (Å²) in [5.41, 5.74) is 0. The van der Waals surface area contributed by atoms with E-state index < -0.39 is 6.08 Å². The van der Waals surface area contributed by atoms with Crippen LogP contribution in [0.2, 0.25) is 5.28 Å². The van der Waals surface area contributed by atoms with Gasteiger partial charge in [-0.05, 0) is 11.6 Å². The van der Waals surface area contributed by atoms with Crippen molar-refractivity contribution >= 4 is 11.6 Å². The van der Waals surface area contributed by atoms with Gasteiger partial charge in [0.25, 0.3) is 0 Å². The van der Waals surface area contributed by atoms with Gasteiger partial charge in [0.2, 0.25) is 5.28 Å². The Hall–Kier alpha value is -1.23. The molecule has 0 amide bonds. The normalized spacial score (nSPS) is 9.50. The first-order chi connectivity index (χ1) is 5.72. The van der Waals surface area contributed by atoms with E-state index in [2.05, 4.69) is 21.5 Å². The lowest BCUT2D eigenvalue weighted by Crippen LogP contribution is -2.02. The van der Waals surface area contributed by atoms with Crippen molar-refractivity contribution in [2.75, 3.05) is 6.61 Å². The van der Waals surface area contributed by atoms with Crippen molar-refractivity contribution in [2.24, 2.45) is 0 Å². The van der Waals surface area contributed by atoms with Crippen LogP contribution in [0, 0.1) is 6.08 Å². The van der Waals surface area contributed by atoms with Gasteiger partial charge in [-0.15, -0.1) is 4.98 Å². The van der Waals surface area contributed by atoms with Crippen LogP contribution in [0.1, 0.15) is 0 Å². The van der Waals surface area contributed by atoms with Gasteiger partial charge in [0.15, 0.2) is 0 Å². The predicted molar refractivity (Wildman–Crippen MR) is 40.5 cm³/mol. The zero-order valence-electron chi connectivity index (χ0n) is 6.00. The van der Waals surface area contributed by atoms with Gasteiger partial charge in [-0.3, -0.25) is 0 Å². The second kappa shape index (κ2) is 3.96. The smallest absolute Gasteiger partial charge is 0.323 e. The number of rotatable bonds is 3. The molecular weight excluding hydrogens is 185 g/mol. The number of aromatic nitrogens is 3. The average Bonchev–Trinajstić information content (AvgIpc) is 1.99. The molecule has 0 atom stereocenters. The Morgan fingerprint density at radius 1 is 1.50 bits per heavy atom. The molecule has 1 aromatic rings. The standard InChI is InChI=1S/C6H5ClFN3O/c1-2-3-12-6-10-4(7)9-5(8)11-6/h2H,1,3H2. The van der Waals surface area contributed by atoms with E-state index in [9.17, 15) is 4.39 Å². The lowest BCUT2D eigenvalue weighted by molar-refractivity contribution is 0.321. The monoisotopic (exact) mass is 189 g/mol. The molecule has 0 saturated carbocycles. The number of ether oxygens (including phenoxy) is 1. The molecule has 0 aromatic carbocycles. The molecule has 0 saturated heterocycles. The van der Waals surface area contributed by atoms with E-state index in [0.717, 1.165) is 0 Å². The Morgan fingerprint density at radius 2 is 2.25 bits per heavy atom. The van der Waals surface area contributed by atoms with E-state index in [0.29, 0.717) is 0 Å². The van der Waals surface area contributed by atoms with Crippen LogP contribution in [-0.2, 0) is 0 Å². The summed E-state index contributed by atoms with van der Waals surface area (Å²) in [4.78, 5) is 9.85. The lowest BCUT2D eigenvalue weighted by atomic mass is 10.7. The molecule has 0 aliphatic carbocycles. The molecule has 0 N–H and O–H groups in total. The highest BCUT2D eigenvalue weighted by Gasteiger charge is 2.03. The summed E-state index contributed by atoms with van der Waals surface area (Å²) < 4.78 is 17.2. The molecule has 0 radical (unpaired) electrons. The number of hydrogen-bond acceptors (Lipinski definition) is 4. The van der Waals surface area contributed by atoms with Gasteiger partial charge in [0, 0.05) is 0 Å². The minimum Gasteiger partial charge on any atom is -0.459 e. The highest BCUT2D eigenvalue weighted by atomic mass is 35.5. The molecule has 1 rings (SSSR count). The first-order valence-corrected chi connectivity index (χ1v) is 3.41. The second-order valence-electron chi connectivity index (χ2n) is 1.76. The van der Waals surface area contributed by atoms with Gasteiger partial charge in [0.05, 0.1) is 0 Å². The van der Waals surface area contributed by atoms with E-state index in [1.807, 2.05) is 0 Å². The Labute approximate surface area is 73.1 Å². The Balaban J connectivity index is 2.78. The third-order valence-electron chi connectivity index (χ3n) is 0.891. The number of halogens is 2. The largest absolute Gasteiger partial charge is 0.459 e. The topological polar surface area (TPSA) is 47.9 Å². The van der Waals surface area contributed by atoms with Crippen molar-refractivity contribution in [1.29, 1.82) is 0 Å². The van der Waals surface area contributed by atoms with E-state index in [-0.39, 0.29) is 17.9 Å². The summed E-state index contributed by atoms with van der Waals surface area (Å²) in [7, 11) is 0. The quantitative estimate of drug-likeness (QED) is 0.671. The summed E-state index contributed by atoms with van der Waals surface area (Å²) in [6, 6.07) is -0.146. The molecule has 0 unspecified atom stereocenters. The molecular formula is C6H5ClFN3O. The minimum absolute atomic E-state index is 0.146. The molecule has 0 bridgehead atoms. The van der Waals surface area contributed by atoms with Crippen LogP contribution in [0.25, 0.3) is 0 Å². The third kappa shape index (κ3) is 2.43. The van der Waals surface area contributed by atoms with Crippen molar-refractivity contribution in [3.8, 4) is 6.01 Å². The fourth-order valence-electron chi connectivity index (χ4n) is 0.507. The summed E-state index contributed by atoms with van der Waals surface area (Å²) in [6.45, 7) is 3.59. The van der Waals surface area contributed by atoms with E-state index in [1.54, 1.807) is 0 Å². The van der Waals surface area contributed by atoms with Crippen molar-refractivity contribution in [2.45, 2.75) is 0 Å². The zero-order chi connectivity index (χ0) is 8.97. The number of nitrogens with zero attached hydrogens (tertiary/aromatic N) is 3. The summed E-state index contributed by atoms with van der Waals surface area (Å²) in [5.74, 6) is 0. The molecule has 0 aliphatic rings. The first-order valence-electron chi connectivity index (χ1n) is 3.03. The van der Waals surface area contributed by atoms with Crippen LogP contribution in [0.5, 0.6) is 6.01 Å². The van der Waals surface area contributed by atoms with Gasteiger partial charge in [-0.1, -0.05) is 12.7 Å². The molecule has 64 valence electrons. The Bertz CT molecular complexity index is 274. The first kappa shape index (κ1) is 8.86. The third-order valence-corrected chi connectivity index (χ3v) is 1.06. The van der Waals surface area contributed by atoms with Gasteiger partial charge in [-0.2, -0.15) is 14.4 Å². The minimum atomic E-state index is -0.964. The van der Waals surface area contributed by atoms with Crippen molar-refractivity contribution in [3.63, 3.8) is 0 Å². The van der Waals surface area contributed by atoms with Crippen LogP contribution in [0.15, 0.2) is 12.7 Å². The van der Waals surface area contributed by atoms with E-state index >= 15 is 0 Å². The van der Waals surface area contributed by atoms with E-state index in [4.69, 9.17) is 16.3 Å². The summed E-state index contributed by atoms with van der Waals surface area (Å²) in [5, 5.41) is -0.235. The molecule has 6 heteroatoms. The second-order valence-corrected chi connectivity index (χ2v) is 2.09. The molecule has 1 aromatic heterocycles. The van der Waals surface area contributed by atoms with Crippen LogP contribution in [-0.4, -0.2) is 21.6 Å². The maximum absolute atomic E-state index is 12.4. The fourth-order valence-corrected chi connectivity index (χ4v) is 0.649. The van der Waals surface area contributed by atoms with Gasteiger partial charge >= 0.3 is 12.1 Å². The Kier molecular flexibility index (Phi) is 2.93. The van der Waals surface area contributed by atoms with Crippen molar-refractivity contribution in [1.82, 2.24) is 15.0 Å². The molecule has 0 aliphatic heterocycles. The van der Waals surface area contributed by atoms with Crippen LogP contribution >= 0.6 is 11.6 Å². The summed E-state index contributed by atoms with van der Waals surface area (Å²) in [6.07, 6.45) is 0.518. The maximum Gasteiger partial charge on any atom is 0.323 e. The highest BCUT2D eigenvalue weighted by Crippen LogP contribution is 2.06. The maximum atomic E-state index is 12.4. The average molecular weight is 190 g/mol. The molecule has 4 nitrogen and oxygen atoms in total. The van der Waals surface area contributed by atoms with Crippen molar-refractivity contribution in [3.05, 3.63) is 24.0 Å². The van der Waals surface area contributed by atoms with Crippen molar-refractivity contribution < 1.29 is 9.13 Å². The van der Waals surface area contributed by atoms with E-state index in [1.165, 1.54) is 6.08 Å². The highest BCUT2D eigenvalue weighted by molar-refractivity contribution is 6.28. The zero-order valence-corrected chi connectivity index (χ0v) is 6.75. The summed E-state index contributed by atoms with van der Waals surface area (Å²) >= 11 is 5.32. The Morgan fingerprint density at radius 3 is 2.83 bits per heavy atom. The number of hydrogen-bond donors (Lipinski definition) is 0. The molecule has 12 heavy (non-hydrogen) atoms. The van der Waals surface area contributed by atoms with Gasteiger partial charge < -0.3 is 4.74 Å². The fraction of sp³-hybridized carbons (Fsp3) is 0.167. The predicted octanol–water partition coefficient (Wildman–Crippen LogP) is 1.23. The molecule has 0 fully saturated rings. The van der Waals surface area contributed by atoms with Crippen LogP contribution in [0.4, 0.5) is 4.39 Å². The van der Waals surface area contributed by atoms with Gasteiger partial charge in [0.1, 0.15) is 6.61 Å².